The Bertz CT molecular complexity index is 1520. The van der Waals surface area contributed by atoms with Crippen molar-refractivity contribution in [3.05, 3.63) is 119 Å². The largest absolute Gasteiger partial charge is 0.489 e. The predicted molar refractivity (Wildman–Crippen MR) is 146 cm³/mol. The third-order valence-corrected chi connectivity index (χ3v) is 6.37. The molecule has 0 radical (unpaired) electrons. The highest BCUT2D eigenvalue weighted by atomic mass is 16.5. The molecule has 0 aliphatic carbocycles. The fraction of sp³-hybridized carbons (Fsp3) is 0.125. The molecule has 38 heavy (non-hydrogen) atoms. The first kappa shape index (κ1) is 24.8. The number of hydrogen-bond acceptors (Lipinski definition) is 6. The van der Waals surface area contributed by atoms with Crippen molar-refractivity contribution in [1.82, 2.24) is 0 Å². The zero-order valence-electron chi connectivity index (χ0n) is 21.1. The van der Waals surface area contributed by atoms with Crippen molar-refractivity contribution < 1.29 is 28.5 Å². The Morgan fingerprint density at radius 2 is 0.921 bits per heavy atom. The van der Waals surface area contributed by atoms with E-state index in [1.807, 2.05) is 84.9 Å². The van der Waals surface area contributed by atoms with Crippen LogP contribution in [-0.2, 0) is 22.7 Å². The van der Waals surface area contributed by atoms with E-state index in [2.05, 4.69) is 0 Å². The predicted octanol–water partition coefficient (Wildman–Crippen LogP) is 6.72. The lowest BCUT2D eigenvalue weighted by Gasteiger charge is -2.13. The van der Waals surface area contributed by atoms with Crippen LogP contribution >= 0.6 is 0 Å². The Morgan fingerprint density at radius 1 is 0.526 bits per heavy atom. The Morgan fingerprint density at radius 3 is 1.34 bits per heavy atom. The minimum absolute atomic E-state index is 0.359. The molecule has 0 N–H and O–H groups in total. The molecule has 0 heterocycles. The Labute approximate surface area is 220 Å². The number of hydrogen-bond donors (Lipinski definition) is 0. The first-order chi connectivity index (χ1) is 18.5. The molecule has 6 heteroatoms. The molecule has 0 fully saturated rings. The van der Waals surface area contributed by atoms with Gasteiger partial charge in [0.2, 0.25) is 0 Å². The van der Waals surface area contributed by atoms with Crippen LogP contribution in [0.5, 0.6) is 11.5 Å². The number of ether oxygens (including phenoxy) is 4. The van der Waals surface area contributed by atoms with Gasteiger partial charge in [-0.1, -0.05) is 48.5 Å². The molecule has 5 rings (SSSR count). The first-order valence-corrected chi connectivity index (χ1v) is 12.1. The number of fused-ring (bicyclic) bond motifs is 2. The van der Waals surface area contributed by atoms with Gasteiger partial charge in [0.05, 0.1) is 25.3 Å². The van der Waals surface area contributed by atoms with Gasteiger partial charge in [-0.15, -0.1) is 0 Å². The molecule has 0 unspecified atom stereocenters. The average molecular weight is 507 g/mol. The summed E-state index contributed by atoms with van der Waals surface area (Å²) in [4.78, 5) is 23.6. The maximum absolute atomic E-state index is 11.8. The zero-order chi connectivity index (χ0) is 26.5. The van der Waals surface area contributed by atoms with Crippen LogP contribution in [0.1, 0.15) is 31.8 Å². The molecule has 190 valence electrons. The second-order valence-electron chi connectivity index (χ2n) is 8.78. The van der Waals surface area contributed by atoms with E-state index in [1.165, 1.54) is 14.2 Å². The normalized spacial score (nSPS) is 10.8. The van der Waals surface area contributed by atoms with Crippen molar-refractivity contribution in [2.24, 2.45) is 0 Å². The number of benzene rings is 5. The van der Waals surface area contributed by atoms with Crippen LogP contribution in [0, 0.1) is 0 Å². The Balaban J connectivity index is 1.26. The summed E-state index contributed by atoms with van der Waals surface area (Å²) >= 11 is 0. The highest BCUT2D eigenvalue weighted by molar-refractivity contribution is 5.96. The van der Waals surface area contributed by atoms with Crippen LogP contribution in [0.2, 0.25) is 0 Å². The van der Waals surface area contributed by atoms with E-state index in [0.717, 1.165) is 44.2 Å². The lowest BCUT2D eigenvalue weighted by Crippen LogP contribution is -2.04. The second kappa shape index (κ2) is 11.0. The summed E-state index contributed by atoms with van der Waals surface area (Å²) in [5.41, 5.74) is 3.08. The van der Waals surface area contributed by atoms with E-state index in [9.17, 15) is 9.59 Å². The van der Waals surface area contributed by atoms with Gasteiger partial charge in [-0.05, 0) is 81.2 Å². The summed E-state index contributed by atoms with van der Waals surface area (Å²) in [7, 11) is 2.74. The second-order valence-corrected chi connectivity index (χ2v) is 8.78. The minimum Gasteiger partial charge on any atom is -0.489 e. The molecule has 0 atom stereocenters. The van der Waals surface area contributed by atoms with E-state index in [-0.39, 0.29) is 11.9 Å². The van der Waals surface area contributed by atoms with Crippen LogP contribution in [-0.4, -0.2) is 26.2 Å². The minimum atomic E-state index is -0.359. The fourth-order valence-corrected chi connectivity index (χ4v) is 4.28. The molecule has 0 aliphatic heterocycles. The topological polar surface area (TPSA) is 71.1 Å². The molecule has 6 nitrogen and oxygen atoms in total. The van der Waals surface area contributed by atoms with Crippen LogP contribution in [0.3, 0.4) is 0 Å². The van der Waals surface area contributed by atoms with Gasteiger partial charge in [0, 0.05) is 0 Å². The monoisotopic (exact) mass is 506 g/mol. The van der Waals surface area contributed by atoms with Crippen molar-refractivity contribution in [2.75, 3.05) is 14.2 Å². The SMILES string of the molecule is COC(=O)c1ccc2cc(OCc3ccccc3COc3ccc4cc(C(=O)OC)ccc4c3)ccc2c1. The van der Waals surface area contributed by atoms with Gasteiger partial charge >= 0.3 is 11.9 Å². The van der Waals surface area contributed by atoms with Gasteiger partial charge in [-0.25, -0.2) is 9.59 Å². The molecule has 0 aliphatic rings. The lowest BCUT2D eigenvalue weighted by atomic mass is 10.1. The van der Waals surface area contributed by atoms with Crippen molar-refractivity contribution in [3.8, 4) is 11.5 Å². The molecule has 0 spiro atoms. The van der Waals surface area contributed by atoms with Gasteiger partial charge in [0.15, 0.2) is 0 Å². The number of rotatable bonds is 8. The van der Waals surface area contributed by atoms with Crippen LogP contribution in [0.4, 0.5) is 0 Å². The van der Waals surface area contributed by atoms with Crippen molar-refractivity contribution in [3.63, 3.8) is 0 Å². The summed E-state index contributed by atoms with van der Waals surface area (Å²) in [5.74, 6) is 0.754. The summed E-state index contributed by atoms with van der Waals surface area (Å²) in [6.07, 6.45) is 0. The number of carbonyl (C=O) groups is 2. The molecular formula is C32H26O6. The third-order valence-electron chi connectivity index (χ3n) is 6.37. The molecule has 0 bridgehead atoms. The average Bonchev–Trinajstić information content (AvgIpc) is 2.97. The van der Waals surface area contributed by atoms with E-state index in [1.54, 1.807) is 12.1 Å². The molecular weight excluding hydrogens is 480 g/mol. The maximum atomic E-state index is 11.8. The third kappa shape index (κ3) is 5.44. The van der Waals surface area contributed by atoms with Gasteiger partial charge < -0.3 is 18.9 Å². The maximum Gasteiger partial charge on any atom is 0.337 e. The van der Waals surface area contributed by atoms with E-state index < -0.39 is 0 Å². The smallest absolute Gasteiger partial charge is 0.337 e. The standard InChI is InChI=1S/C32H26O6/c1-35-31(33)25-9-7-23-17-29(13-11-21(23)15-25)37-19-27-5-3-4-6-28(27)20-38-30-14-12-22-16-26(32(34)36-2)10-8-24(22)18-30/h3-18H,19-20H2,1-2H3. The summed E-state index contributed by atoms with van der Waals surface area (Å²) in [6, 6.07) is 30.4. The Hall–Kier alpha value is -4.84. The number of esters is 2. The van der Waals surface area contributed by atoms with Gasteiger partial charge in [-0.2, -0.15) is 0 Å². The summed E-state index contributed by atoms with van der Waals surface area (Å²) in [5, 5.41) is 3.82. The van der Waals surface area contributed by atoms with E-state index >= 15 is 0 Å². The van der Waals surface area contributed by atoms with Crippen molar-refractivity contribution in [2.45, 2.75) is 13.2 Å². The van der Waals surface area contributed by atoms with Gasteiger partial charge in [0.1, 0.15) is 24.7 Å². The van der Waals surface area contributed by atoms with E-state index in [4.69, 9.17) is 18.9 Å². The molecule has 0 saturated carbocycles. The lowest BCUT2D eigenvalue weighted by molar-refractivity contribution is 0.0592. The summed E-state index contributed by atoms with van der Waals surface area (Å²) < 4.78 is 21.8. The molecule has 5 aromatic rings. The quantitative estimate of drug-likeness (QED) is 0.218. The molecule has 0 saturated heterocycles. The molecule has 5 aromatic carbocycles. The van der Waals surface area contributed by atoms with Crippen molar-refractivity contribution in [1.29, 1.82) is 0 Å². The van der Waals surface area contributed by atoms with E-state index in [0.29, 0.717) is 24.3 Å². The summed E-state index contributed by atoms with van der Waals surface area (Å²) in [6.45, 7) is 0.776. The highest BCUT2D eigenvalue weighted by Crippen LogP contribution is 2.26. The zero-order valence-corrected chi connectivity index (χ0v) is 21.1. The van der Waals surface area contributed by atoms with Gasteiger partial charge in [-0.3, -0.25) is 0 Å². The fourth-order valence-electron chi connectivity index (χ4n) is 4.28. The van der Waals surface area contributed by atoms with Crippen molar-refractivity contribution >= 4 is 33.5 Å². The molecule has 0 aromatic heterocycles. The van der Waals surface area contributed by atoms with Gasteiger partial charge in [0.25, 0.3) is 0 Å². The number of carbonyl (C=O) groups excluding carboxylic acids is 2. The Kier molecular flexibility index (Phi) is 7.22. The van der Waals surface area contributed by atoms with Crippen LogP contribution in [0.15, 0.2) is 97.1 Å². The van der Waals surface area contributed by atoms with Crippen LogP contribution in [0.25, 0.3) is 21.5 Å². The highest BCUT2D eigenvalue weighted by Gasteiger charge is 2.09. The number of methoxy groups -OCH3 is 2. The molecule has 0 amide bonds. The van der Waals surface area contributed by atoms with Crippen LogP contribution < -0.4 is 9.47 Å². The first-order valence-electron chi connectivity index (χ1n) is 12.1.